The van der Waals surface area contributed by atoms with Gasteiger partial charge < -0.3 is 5.32 Å². The molecular formula is C14H17FN2. The van der Waals surface area contributed by atoms with Crippen molar-refractivity contribution in [3.05, 3.63) is 30.1 Å². The smallest absolute Gasteiger partial charge is 0.125 e. The van der Waals surface area contributed by atoms with Crippen LogP contribution in [0.3, 0.4) is 0 Å². The molecule has 3 heteroatoms. The molecule has 0 aromatic heterocycles. The molecule has 0 heterocycles. The fourth-order valence-electron chi connectivity index (χ4n) is 2.43. The Hall–Kier alpha value is -1.56. The third-order valence-corrected chi connectivity index (χ3v) is 3.36. The number of rotatable bonds is 2. The third kappa shape index (κ3) is 3.20. The normalized spacial score (nSPS) is 24.7. The van der Waals surface area contributed by atoms with Crippen molar-refractivity contribution in [2.45, 2.75) is 38.1 Å². The Bertz CT molecular complexity index is 411. The van der Waals surface area contributed by atoms with Gasteiger partial charge in [0, 0.05) is 11.7 Å². The third-order valence-electron chi connectivity index (χ3n) is 3.36. The van der Waals surface area contributed by atoms with Gasteiger partial charge in [0.25, 0.3) is 0 Å². The maximum absolute atomic E-state index is 13.1. The van der Waals surface area contributed by atoms with Gasteiger partial charge in [-0.25, -0.2) is 4.39 Å². The average molecular weight is 232 g/mol. The summed E-state index contributed by atoms with van der Waals surface area (Å²) in [6, 6.07) is 8.99. The summed E-state index contributed by atoms with van der Waals surface area (Å²) in [6.45, 7) is 0. The van der Waals surface area contributed by atoms with E-state index in [4.69, 9.17) is 5.26 Å². The van der Waals surface area contributed by atoms with E-state index in [0.29, 0.717) is 0 Å². The van der Waals surface area contributed by atoms with Gasteiger partial charge >= 0.3 is 0 Å². The Morgan fingerprint density at radius 2 is 2.06 bits per heavy atom. The Morgan fingerprint density at radius 1 is 1.24 bits per heavy atom. The first kappa shape index (κ1) is 11.9. The molecule has 0 amide bonds. The molecule has 1 aliphatic rings. The molecule has 0 radical (unpaired) electrons. The van der Waals surface area contributed by atoms with Gasteiger partial charge in [-0.05, 0) is 31.0 Å². The molecule has 2 rings (SSSR count). The summed E-state index contributed by atoms with van der Waals surface area (Å²) in [4.78, 5) is 0. The molecule has 0 aliphatic heterocycles. The average Bonchev–Trinajstić information content (AvgIpc) is 2.54. The van der Waals surface area contributed by atoms with E-state index < -0.39 is 0 Å². The Balaban J connectivity index is 2.07. The van der Waals surface area contributed by atoms with Crippen LogP contribution in [0.5, 0.6) is 0 Å². The zero-order valence-electron chi connectivity index (χ0n) is 9.82. The molecule has 1 saturated carbocycles. The van der Waals surface area contributed by atoms with E-state index in [1.807, 2.05) is 6.07 Å². The highest BCUT2D eigenvalue weighted by Crippen LogP contribution is 2.26. The summed E-state index contributed by atoms with van der Waals surface area (Å²) in [6.07, 6.45) is 5.41. The molecule has 2 nitrogen and oxygen atoms in total. The molecule has 0 bridgehead atoms. The van der Waals surface area contributed by atoms with E-state index in [1.54, 1.807) is 6.07 Å². The fraction of sp³-hybridized carbons (Fsp3) is 0.500. The second-order valence-electron chi connectivity index (χ2n) is 4.63. The molecular weight excluding hydrogens is 215 g/mol. The van der Waals surface area contributed by atoms with Crippen LogP contribution in [-0.4, -0.2) is 6.04 Å². The SMILES string of the molecule is N#CC1CCCCCC1Nc1cccc(F)c1. The van der Waals surface area contributed by atoms with Crippen molar-refractivity contribution in [1.82, 2.24) is 0 Å². The van der Waals surface area contributed by atoms with Gasteiger partial charge in [0.1, 0.15) is 5.82 Å². The molecule has 1 aliphatic carbocycles. The predicted octanol–water partition coefficient (Wildman–Crippen LogP) is 3.71. The lowest BCUT2D eigenvalue weighted by molar-refractivity contribution is 0.514. The molecule has 2 atom stereocenters. The number of benzene rings is 1. The van der Waals surface area contributed by atoms with Crippen molar-refractivity contribution in [1.29, 1.82) is 5.26 Å². The van der Waals surface area contributed by atoms with Gasteiger partial charge in [-0.15, -0.1) is 0 Å². The van der Waals surface area contributed by atoms with E-state index in [9.17, 15) is 4.39 Å². The second-order valence-corrected chi connectivity index (χ2v) is 4.63. The monoisotopic (exact) mass is 232 g/mol. The van der Waals surface area contributed by atoms with E-state index in [0.717, 1.165) is 31.4 Å². The van der Waals surface area contributed by atoms with Crippen LogP contribution >= 0.6 is 0 Å². The van der Waals surface area contributed by atoms with Crippen LogP contribution in [0.4, 0.5) is 10.1 Å². The molecule has 1 fully saturated rings. The lowest BCUT2D eigenvalue weighted by Gasteiger charge is -2.22. The van der Waals surface area contributed by atoms with Crippen molar-refractivity contribution < 1.29 is 4.39 Å². The number of nitriles is 1. The first-order chi connectivity index (χ1) is 8.29. The maximum Gasteiger partial charge on any atom is 0.125 e. The van der Waals surface area contributed by atoms with Crippen molar-refractivity contribution in [3.8, 4) is 6.07 Å². The van der Waals surface area contributed by atoms with Gasteiger partial charge in [-0.2, -0.15) is 5.26 Å². The molecule has 1 aromatic carbocycles. The molecule has 0 spiro atoms. The van der Waals surface area contributed by atoms with Crippen LogP contribution in [0.25, 0.3) is 0 Å². The van der Waals surface area contributed by atoms with E-state index in [1.165, 1.54) is 18.6 Å². The minimum Gasteiger partial charge on any atom is -0.381 e. The van der Waals surface area contributed by atoms with E-state index in [2.05, 4.69) is 11.4 Å². The minimum absolute atomic E-state index is 0.0424. The van der Waals surface area contributed by atoms with Gasteiger partial charge in [0.2, 0.25) is 0 Å². The highest BCUT2D eigenvalue weighted by molar-refractivity contribution is 5.44. The standard InChI is InChI=1S/C14H17FN2/c15-12-6-4-7-13(9-12)17-14-8-3-1-2-5-11(14)10-16/h4,6-7,9,11,14,17H,1-3,5,8H2. The molecule has 90 valence electrons. The summed E-state index contributed by atoms with van der Waals surface area (Å²) in [7, 11) is 0. The number of nitrogens with one attached hydrogen (secondary N) is 1. The van der Waals surface area contributed by atoms with Crippen molar-refractivity contribution in [2.75, 3.05) is 5.32 Å². The predicted molar refractivity (Wildman–Crippen MR) is 66.0 cm³/mol. The zero-order valence-corrected chi connectivity index (χ0v) is 9.82. The Kier molecular flexibility index (Phi) is 3.98. The number of hydrogen-bond donors (Lipinski definition) is 1. The van der Waals surface area contributed by atoms with Crippen LogP contribution in [-0.2, 0) is 0 Å². The van der Waals surface area contributed by atoms with Crippen LogP contribution in [0.1, 0.15) is 32.1 Å². The van der Waals surface area contributed by atoms with Crippen molar-refractivity contribution in [2.24, 2.45) is 5.92 Å². The summed E-state index contributed by atoms with van der Waals surface area (Å²) < 4.78 is 13.1. The van der Waals surface area contributed by atoms with Crippen molar-refractivity contribution in [3.63, 3.8) is 0 Å². The highest BCUT2D eigenvalue weighted by Gasteiger charge is 2.23. The Labute approximate surface area is 101 Å². The van der Waals surface area contributed by atoms with Crippen molar-refractivity contribution >= 4 is 5.69 Å². The summed E-state index contributed by atoms with van der Waals surface area (Å²) in [5.41, 5.74) is 0.775. The van der Waals surface area contributed by atoms with Crippen LogP contribution < -0.4 is 5.32 Å². The second kappa shape index (κ2) is 5.67. The molecule has 1 aromatic rings. The highest BCUT2D eigenvalue weighted by atomic mass is 19.1. The number of hydrogen-bond acceptors (Lipinski definition) is 2. The number of anilines is 1. The van der Waals surface area contributed by atoms with Gasteiger partial charge in [-0.3, -0.25) is 0 Å². The Morgan fingerprint density at radius 3 is 2.82 bits per heavy atom. The van der Waals surface area contributed by atoms with Crippen LogP contribution in [0.15, 0.2) is 24.3 Å². The number of halogens is 1. The fourth-order valence-corrected chi connectivity index (χ4v) is 2.43. The first-order valence-corrected chi connectivity index (χ1v) is 6.21. The first-order valence-electron chi connectivity index (χ1n) is 6.21. The zero-order chi connectivity index (χ0) is 12.1. The van der Waals surface area contributed by atoms with Crippen LogP contribution in [0, 0.1) is 23.1 Å². The van der Waals surface area contributed by atoms with Gasteiger partial charge in [-0.1, -0.05) is 25.3 Å². The lowest BCUT2D eigenvalue weighted by Crippen LogP contribution is -2.27. The molecule has 0 saturated heterocycles. The lowest BCUT2D eigenvalue weighted by atomic mass is 9.96. The largest absolute Gasteiger partial charge is 0.381 e. The van der Waals surface area contributed by atoms with Gasteiger partial charge in [0.15, 0.2) is 0 Å². The maximum atomic E-state index is 13.1. The summed E-state index contributed by atoms with van der Waals surface area (Å²) in [5.74, 6) is -0.196. The summed E-state index contributed by atoms with van der Waals surface area (Å²) in [5, 5.41) is 12.5. The minimum atomic E-state index is -0.239. The topological polar surface area (TPSA) is 35.8 Å². The van der Waals surface area contributed by atoms with Crippen LogP contribution in [0.2, 0.25) is 0 Å². The molecule has 17 heavy (non-hydrogen) atoms. The van der Waals surface area contributed by atoms with E-state index in [-0.39, 0.29) is 17.8 Å². The molecule has 1 N–H and O–H groups in total. The molecule has 2 unspecified atom stereocenters. The number of nitrogens with zero attached hydrogens (tertiary/aromatic N) is 1. The summed E-state index contributed by atoms with van der Waals surface area (Å²) >= 11 is 0. The van der Waals surface area contributed by atoms with Gasteiger partial charge in [0.05, 0.1) is 12.0 Å². The quantitative estimate of drug-likeness (QED) is 0.789. The van der Waals surface area contributed by atoms with E-state index >= 15 is 0 Å².